The molecular weight excluding hydrogens is 550 g/mol. The lowest BCUT2D eigenvalue weighted by Crippen LogP contribution is -2.56. The first-order valence-corrected chi connectivity index (χ1v) is 14.8. The van der Waals surface area contributed by atoms with E-state index in [1.807, 2.05) is 24.4 Å². The summed E-state index contributed by atoms with van der Waals surface area (Å²) in [7, 11) is 1.67. The van der Waals surface area contributed by atoms with Crippen LogP contribution < -0.4 is 10.1 Å². The molecule has 2 aromatic carbocycles. The quantitative estimate of drug-likeness (QED) is 0.278. The summed E-state index contributed by atoms with van der Waals surface area (Å²) < 4.78 is 18.8. The summed E-state index contributed by atoms with van der Waals surface area (Å²) in [5, 5.41) is 13.0. The SMILES string of the molecule is CC[N+]1(C(=O)c2cn(CCOC)c3c(C)cccc23)CCC(c2cc(NC(=O)OC(C)(C)C)ccc2OCC(=O)O)CC1. The van der Waals surface area contributed by atoms with Crippen molar-refractivity contribution in [3.05, 3.63) is 59.3 Å². The number of carbonyl (C=O) groups is 3. The monoisotopic (exact) mass is 594 g/mol. The molecule has 2 N–H and O–H groups in total. The molecule has 1 aliphatic rings. The number of carboxylic acids is 1. The van der Waals surface area contributed by atoms with Gasteiger partial charge >= 0.3 is 18.0 Å². The molecular formula is C33H44N3O7+. The first kappa shape index (κ1) is 32.0. The molecule has 0 atom stereocenters. The molecule has 2 amide bonds. The van der Waals surface area contributed by atoms with E-state index < -0.39 is 24.3 Å². The van der Waals surface area contributed by atoms with Gasteiger partial charge in [-0.2, -0.15) is 0 Å². The summed E-state index contributed by atoms with van der Waals surface area (Å²) in [5.41, 5.74) is 3.59. The number of amides is 2. The number of nitrogens with zero attached hydrogens (tertiary/aromatic N) is 2. The van der Waals surface area contributed by atoms with Crippen LogP contribution in [0.4, 0.5) is 10.5 Å². The van der Waals surface area contributed by atoms with E-state index in [2.05, 4.69) is 29.8 Å². The van der Waals surface area contributed by atoms with E-state index in [1.165, 1.54) is 0 Å². The molecule has 0 spiro atoms. The number of para-hydroxylation sites is 1. The van der Waals surface area contributed by atoms with E-state index in [-0.39, 0.29) is 11.8 Å². The number of ether oxygens (including phenoxy) is 3. The van der Waals surface area contributed by atoms with Gasteiger partial charge in [-0.05, 0) is 69.9 Å². The number of aryl methyl sites for hydroxylation is 1. The molecule has 0 unspecified atom stereocenters. The van der Waals surface area contributed by atoms with Crippen LogP contribution in [0.2, 0.25) is 0 Å². The van der Waals surface area contributed by atoms with Crippen molar-refractivity contribution in [3.63, 3.8) is 0 Å². The van der Waals surface area contributed by atoms with Crippen molar-refractivity contribution in [2.45, 2.75) is 65.5 Å². The lowest BCUT2D eigenvalue weighted by atomic mass is 9.86. The van der Waals surface area contributed by atoms with E-state index in [9.17, 15) is 19.5 Å². The van der Waals surface area contributed by atoms with Crippen LogP contribution in [-0.4, -0.2) is 77.7 Å². The summed E-state index contributed by atoms with van der Waals surface area (Å²) >= 11 is 0. The van der Waals surface area contributed by atoms with Crippen molar-refractivity contribution in [1.29, 1.82) is 0 Å². The molecule has 0 radical (unpaired) electrons. The van der Waals surface area contributed by atoms with Crippen LogP contribution in [0.1, 0.15) is 67.9 Å². The minimum atomic E-state index is -1.07. The highest BCUT2D eigenvalue weighted by Crippen LogP contribution is 2.39. The van der Waals surface area contributed by atoms with E-state index in [0.29, 0.717) is 61.5 Å². The van der Waals surface area contributed by atoms with Gasteiger partial charge in [-0.3, -0.25) is 9.80 Å². The summed E-state index contributed by atoms with van der Waals surface area (Å²) in [4.78, 5) is 38.0. The van der Waals surface area contributed by atoms with Crippen LogP contribution in [0.3, 0.4) is 0 Å². The van der Waals surface area contributed by atoms with E-state index in [0.717, 1.165) is 27.6 Å². The Kier molecular flexibility index (Phi) is 9.82. The van der Waals surface area contributed by atoms with Gasteiger partial charge in [0.2, 0.25) is 0 Å². The van der Waals surface area contributed by atoms with E-state index in [1.54, 1.807) is 40.0 Å². The van der Waals surface area contributed by atoms with Gasteiger partial charge in [0.15, 0.2) is 6.61 Å². The molecule has 0 saturated carbocycles. The average Bonchev–Trinajstić information content (AvgIpc) is 3.33. The Morgan fingerprint density at radius 3 is 2.47 bits per heavy atom. The van der Waals surface area contributed by atoms with Crippen LogP contribution in [0.5, 0.6) is 5.75 Å². The van der Waals surface area contributed by atoms with Gasteiger partial charge in [-0.25, -0.2) is 14.4 Å². The number of nitrogens with one attached hydrogen (secondary N) is 1. The second kappa shape index (κ2) is 13.2. The molecule has 10 nitrogen and oxygen atoms in total. The van der Waals surface area contributed by atoms with E-state index in [4.69, 9.17) is 14.2 Å². The Labute approximate surface area is 253 Å². The molecule has 1 aromatic heterocycles. The highest BCUT2D eigenvalue weighted by atomic mass is 16.6. The number of rotatable bonds is 10. The van der Waals surface area contributed by atoms with Crippen LogP contribution in [0, 0.1) is 6.92 Å². The zero-order valence-corrected chi connectivity index (χ0v) is 26.1. The minimum absolute atomic E-state index is 0.0140. The van der Waals surface area contributed by atoms with Crippen LogP contribution >= 0.6 is 0 Å². The third-order valence-electron chi connectivity index (χ3n) is 8.16. The Morgan fingerprint density at radius 1 is 1.12 bits per heavy atom. The molecule has 1 saturated heterocycles. The number of methoxy groups -OCH3 is 1. The zero-order chi connectivity index (χ0) is 31.4. The Hall–Kier alpha value is -3.89. The van der Waals surface area contributed by atoms with Gasteiger partial charge in [0.05, 0.1) is 31.8 Å². The number of benzene rings is 2. The van der Waals surface area contributed by atoms with Gasteiger partial charge in [0.25, 0.3) is 0 Å². The second-order valence-electron chi connectivity index (χ2n) is 12.2. The maximum Gasteiger partial charge on any atom is 0.412 e. The number of carbonyl (C=O) groups excluding carboxylic acids is 2. The van der Waals surface area contributed by atoms with Gasteiger partial charge < -0.3 is 23.9 Å². The highest BCUT2D eigenvalue weighted by Gasteiger charge is 2.42. The number of piperidine rings is 1. The molecule has 4 rings (SSSR count). The van der Waals surface area contributed by atoms with Crippen molar-refractivity contribution in [2.24, 2.45) is 0 Å². The standard InChI is InChI=1S/C33H43N3O7/c1-7-36(31(39)27-20-35(15-18-41-6)30-22(2)9-8-10-25(27)30)16-13-23(14-17-36)26-19-24(34-32(40)43-33(3,4)5)11-12-28(26)42-21-29(37)38/h8-12,19-20,23H,7,13-18,21H2,1-6H3,(H-,34,37,38,40)/p+1. The van der Waals surface area contributed by atoms with Gasteiger partial charge in [-0.1, -0.05) is 18.2 Å². The lowest BCUT2D eigenvalue weighted by Gasteiger charge is -2.41. The number of aliphatic carboxylic acids is 1. The number of hydrogen-bond donors (Lipinski definition) is 2. The third-order valence-corrected chi connectivity index (χ3v) is 8.16. The fourth-order valence-electron chi connectivity index (χ4n) is 6.01. The molecule has 1 aliphatic heterocycles. The Morgan fingerprint density at radius 2 is 1.84 bits per heavy atom. The summed E-state index contributed by atoms with van der Waals surface area (Å²) in [5.74, 6) is -0.491. The fraction of sp³-hybridized carbons (Fsp3) is 0.485. The molecule has 0 bridgehead atoms. The lowest BCUT2D eigenvalue weighted by molar-refractivity contribution is -0.852. The number of fused-ring (bicyclic) bond motifs is 1. The van der Waals surface area contributed by atoms with Crippen molar-refractivity contribution in [3.8, 4) is 5.75 Å². The van der Waals surface area contributed by atoms with Crippen molar-refractivity contribution in [2.75, 3.05) is 45.3 Å². The summed E-state index contributed by atoms with van der Waals surface area (Å²) in [6.45, 7) is 12.1. The number of carboxylic acid groups (broad SMARTS) is 1. The predicted octanol–water partition coefficient (Wildman–Crippen LogP) is 5.96. The number of aromatic nitrogens is 1. The molecule has 232 valence electrons. The van der Waals surface area contributed by atoms with Gasteiger partial charge in [0, 0.05) is 43.8 Å². The van der Waals surface area contributed by atoms with Gasteiger partial charge in [0.1, 0.15) is 16.9 Å². The smallest absolute Gasteiger partial charge is 0.412 e. The molecule has 2 heterocycles. The average molecular weight is 595 g/mol. The van der Waals surface area contributed by atoms with Crippen LogP contribution in [0.25, 0.3) is 10.9 Å². The third kappa shape index (κ3) is 7.37. The highest BCUT2D eigenvalue weighted by molar-refractivity contribution is 6.05. The largest absolute Gasteiger partial charge is 0.482 e. The number of hydrogen-bond acceptors (Lipinski definition) is 6. The number of anilines is 1. The van der Waals surface area contributed by atoms with Crippen molar-refractivity contribution < 1.29 is 38.2 Å². The molecule has 0 aliphatic carbocycles. The normalized spacial score (nSPS) is 18.8. The molecule has 10 heteroatoms. The summed E-state index contributed by atoms with van der Waals surface area (Å²) in [6, 6.07) is 11.3. The zero-order valence-electron chi connectivity index (χ0n) is 26.1. The number of likely N-dealkylation sites (tertiary alicyclic amines) is 1. The fourth-order valence-corrected chi connectivity index (χ4v) is 6.01. The van der Waals surface area contributed by atoms with E-state index >= 15 is 0 Å². The Bertz CT molecular complexity index is 1480. The second-order valence-corrected chi connectivity index (χ2v) is 12.2. The molecule has 3 aromatic rings. The molecule has 1 fully saturated rings. The van der Waals surface area contributed by atoms with Gasteiger partial charge in [-0.15, -0.1) is 0 Å². The summed E-state index contributed by atoms with van der Waals surface area (Å²) in [6.07, 6.45) is 2.79. The maximum atomic E-state index is 14.3. The predicted molar refractivity (Wildman–Crippen MR) is 165 cm³/mol. The first-order chi connectivity index (χ1) is 20.4. The molecule has 43 heavy (non-hydrogen) atoms. The number of quaternary nitrogens is 1. The van der Waals surface area contributed by atoms with Crippen molar-refractivity contribution in [1.82, 2.24) is 4.57 Å². The Balaban J connectivity index is 1.60. The minimum Gasteiger partial charge on any atom is -0.482 e. The maximum absolute atomic E-state index is 14.3. The van der Waals surface area contributed by atoms with Crippen molar-refractivity contribution >= 4 is 34.6 Å². The van der Waals surface area contributed by atoms with Crippen LogP contribution in [-0.2, 0) is 20.8 Å². The van der Waals surface area contributed by atoms with Crippen LogP contribution in [0.15, 0.2) is 42.6 Å². The first-order valence-electron chi connectivity index (χ1n) is 14.8. The topological polar surface area (TPSA) is 116 Å².